The number of hydrogen-bond donors (Lipinski definition) is 2. The van der Waals surface area contributed by atoms with Crippen molar-refractivity contribution in [3.8, 4) is 0 Å². The molecule has 0 unspecified atom stereocenters. The standard InChI is InChI=1S/C7H14N2O/c1-2-7-8-3-4-9(7)5-6-10/h10H,2-6H2,1H3/p+1. The molecule has 3 heteroatoms. The highest BCUT2D eigenvalue weighted by Crippen LogP contribution is 1.90. The zero-order valence-electron chi connectivity index (χ0n) is 6.43. The Morgan fingerprint density at radius 3 is 3.10 bits per heavy atom. The minimum atomic E-state index is 0.255. The Morgan fingerprint density at radius 2 is 2.50 bits per heavy atom. The van der Waals surface area contributed by atoms with Crippen LogP contribution in [0.15, 0.2) is 0 Å². The van der Waals surface area contributed by atoms with Crippen LogP contribution in [0.1, 0.15) is 13.3 Å². The zero-order valence-corrected chi connectivity index (χ0v) is 6.43. The second kappa shape index (κ2) is 3.56. The van der Waals surface area contributed by atoms with Gasteiger partial charge in [-0.2, -0.15) is 0 Å². The van der Waals surface area contributed by atoms with Gasteiger partial charge in [0, 0.05) is 6.42 Å². The molecule has 0 aliphatic carbocycles. The van der Waals surface area contributed by atoms with Gasteiger partial charge in [-0.05, 0) is 0 Å². The maximum absolute atomic E-state index is 8.66. The Morgan fingerprint density at radius 1 is 1.70 bits per heavy atom. The summed E-state index contributed by atoms with van der Waals surface area (Å²) in [5.41, 5.74) is 0. The number of nitrogens with one attached hydrogen (secondary N) is 1. The summed E-state index contributed by atoms with van der Waals surface area (Å²) < 4.78 is 2.19. The van der Waals surface area contributed by atoms with E-state index in [1.54, 1.807) is 0 Å². The molecule has 0 bridgehead atoms. The summed E-state index contributed by atoms with van der Waals surface area (Å²) >= 11 is 0. The molecule has 0 saturated heterocycles. The molecule has 0 spiro atoms. The maximum atomic E-state index is 8.66. The second-order valence-corrected chi connectivity index (χ2v) is 2.44. The van der Waals surface area contributed by atoms with E-state index in [1.807, 2.05) is 0 Å². The lowest BCUT2D eigenvalue weighted by Gasteiger charge is -1.98. The van der Waals surface area contributed by atoms with Crippen molar-refractivity contribution in [1.82, 2.24) is 5.32 Å². The third kappa shape index (κ3) is 1.48. The van der Waals surface area contributed by atoms with Gasteiger partial charge in [0.15, 0.2) is 0 Å². The van der Waals surface area contributed by atoms with Crippen molar-refractivity contribution in [2.24, 2.45) is 0 Å². The van der Waals surface area contributed by atoms with Gasteiger partial charge in [0.05, 0.1) is 6.61 Å². The van der Waals surface area contributed by atoms with Crippen molar-refractivity contribution < 1.29 is 9.68 Å². The van der Waals surface area contributed by atoms with Crippen LogP contribution in [-0.2, 0) is 0 Å². The molecule has 10 heavy (non-hydrogen) atoms. The van der Waals surface area contributed by atoms with Gasteiger partial charge in [-0.1, -0.05) is 6.92 Å². The highest BCUT2D eigenvalue weighted by molar-refractivity contribution is 5.77. The van der Waals surface area contributed by atoms with Crippen molar-refractivity contribution in [2.75, 3.05) is 26.2 Å². The molecule has 0 amide bonds. The summed E-state index contributed by atoms with van der Waals surface area (Å²) in [7, 11) is 0. The van der Waals surface area contributed by atoms with Crippen LogP contribution in [0.25, 0.3) is 0 Å². The molecular weight excluding hydrogens is 128 g/mol. The van der Waals surface area contributed by atoms with E-state index in [1.165, 1.54) is 5.84 Å². The number of β-amino-alcohol motifs (C(OH)–C–C–N with tert-alkyl or cyclic N) is 1. The second-order valence-electron chi connectivity index (χ2n) is 2.44. The molecule has 0 atom stereocenters. The molecule has 1 aliphatic rings. The van der Waals surface area contributed by atoms with Crippen molar-refractivity contribution in [3.63, 3.8) is 0 Å². The molecule has 2 N–H and O–H groups in total. The predicted octanol–water partition coefficient (Wildman–Crippen LogP) is -0.597. The molecule has 0 fully saturated rings. The molecule has 58 valence electrons. The zero-order chi connectivity index (χ0) is 7.40. The Bertz CT molecular complexity index is 143. The molecule has 0 aromatic rings. The summed E-state index contributed by atoms with van der Waals surface area (Å²) in [6.45, 7) is 5.23. The van der Waals surface area contributed by atoms with Crippen molar-refractivity contribution in [1.29, 1.82) is 0 Å². The van der Waals surface area contributed by atoms with Gasteiger partial charge in [0.1, 0.15) is 19.6 Å². The molecule has 0 aromatic carbocycles. The largest absolute Gasteiger partial charge is 0.392 e. The number of hydrogen-bond acceptors (Lipinski definition) is 2. The first kappa shape index (κ1) is 7.54. The van der Waals surface area contributed by atoms with Crippen LogP contribution in [0.5, 0.6) is 0 Å². The van der Waals surface area contributed by atoms with Crippen LogP contribution < -0.4 is 5.32 Å². The van der Waals surface area contributed by atoms with E-state index in [-0.39, 0.29) is 6.61 Å². The molecule has 0 radical (unpaired) electrons. The average Bonchev–Trinajstić information content (AvgIpc) is 2.36. The number of aliphatic hydroxyl groups excluding tert-OH is 1. The Hall–Kier alpha value is -0.570. The third-order valence-corrected chi connectivity index (χ3v) is 1.80. The summed E-state index contributed by atoms with van der Waals surface area (Å²) in [6, 6.07) is 0. The van der Waals surface area contributed by atoms with Crippen LogP contribution in [0.4, 0.5) is 0 Å². The topological polar surface area (TPSA) is 35.3 Å². The maximum Gasteiger partial charge on any atom is 0.244 e. The van der Waals surface area contributed by atoms with Crippen LogP contribution in [0.2, 0.25) is 0 Å². The fraction of sp³-hybridized carbons (Fsp3) is 0.857. The van der Waals surface area contributed by atoms with Gasteiger partial charge in [-0.25, -0.2) is 0 Å². The smallest absolute Gasteiger partial charge is 0.244 e. The Labute approximate surface area is 61.4 Å². The molecule has 1 aliphatic heterocycles. The van der Waals surface area contributed by atoms with Crippen LogP contribution in [0.3, 0.4) is 0 Å². The lowest BCUT2D eigenvalue weighted by Crippen LogP contribution is -2.23. The Kier molecular flexibility index (Phi) is 2.68. The van der Waals surface area contributed by atoms with E-state index in [9.17, 15) is 0 Å². The number of rotatable bonds is 3. The SMILES string of the molecule is CCC1=[N+](CCO)CCN1. The molecular formula is C7H15N2O+. The van der Waals surface area contributed by atoms with E-state index < -0.39 is 0 Å². The quantitative estimate of drug-likeness (QED) is 0.518. The first-order valence-electron chi connectivity index (χ1n) is 3.84. The Balaban J connectivity index is 2.50. The van der Waals surface area contributed by atoms with Crippen LogP contribution in [0, 0.1) is 0 Å². The van der Waals surface area contributed by atoms with E-state index in [0.717, 1.165) is 26.1 Å². The predicted molar refractivity (Wildman–Crippen MR) is 40.4 cm³/mol. The van der Waals surface area contributed by atoms with Gasteiger partial charge < -0.3 is 5.11 Å². The molecule has 0 saturated carbocycles. The van der Waals surface area contributed by atoms with Crippen LogP contribution in [-0.4, -0.2) is 41.8 Å². The summed E-state index contributed by atoms with van der Waals surface area (Å²) in [6.07, 6.45) is 1.04. The minimum absolute atomic E-state index is 0.255. The van der Waals surface area contributed by atoms with E-state index in [4.69, 9.17) is 5.11 Å². The van der Waals surface area contributed by atoms with Gasteiger partial charge in [0.2, 0.25) is 5.84 Å². The molecule has 0 aromatic heterocycles. The number of amidine groups is 1. The number of aliphatic hydroxyl groups is 1. The van der Waals surface area contributed by atoms with Crippen molar-refractivity contribution in [2.45, 2.75) is 13.3 Å². The van der Waals surface area contributed by atoms with E-state index >= 15 is 0 Å². The highest BCUT2D eigenvalue weighted by atomic mass is 16.3. The monoisotopic (exact) mass is 143 g/mol. The lowest BCUT2D eigenvalue weighted by molar-refractivity contribution is -0.521. The summed E-state index contributed by atoms with van der Waals surface area (Å²) in [5, 5.41) is 11.9. The van der Waals surface area contributed by atoms with E-state index in [2.05, 4.69) is 16.8 Å². The fourth-order valence-corrected chi connectivity index (χ4v) is 1.30. The first-order valence-corrected chi connectivity index (χ1v) is 3.84. The number of nitrogens with zero attached hydrogens (tertiary/aromatic N) is 1. The normalized spacial score (nSPS) is 17.8. The van der Waals surface area contributed by atoms with Gasteiger partial charge in [-0.3, -0.25) is 9.89 Å². The summed E-state index contributed by atoms with van der Waals surface area (Å²) in [5.74, 6) is 1.27. The first-order chi connectivity index (χ1) is 4.88. The third-order valence-electron chi connectivity index (χ3n) is 1.80. The van der Waals surface area contributed by atoms with Gasteiger partial charge in [-0.15, -0.1) is 0 Å². The van der Waals surface area contributed by atoms with Crippen molar-refractivity contribution >= 4 is 5.84 Å². The lowest BCUT2D eigenvalue weighted by atomic mass is 10.4. The van der Waals surface area contributed by atoms with Gasteiger partial charge in [0.25, 0.3) is 0 Å². The molecule has 1 heterocycles. The fourth-order valence-electron chi connectivity index (χ4n) is 1.30. The van der Waals surface area contributed by atoms with Crippen molar-refractivity contribution in [3.05, 3.63) is 0 Å². The highest BCUT2D eigenvalue weighted by Gasteiger charge is 2.17. The van der Waals surface area contributed by atoms with Gasteiger partial charge >= 0.3 is 0 Å². The summed E-state index contributed by atoms with van der Waals surface area (Å²) in [4.78, 5) is 0. The van der Waals surface area contributed by atoms with Crippen LogP contribution >= 0.6 is 0 Å². The minimum Gasteiger partial charge on any atom is -0.392 e. The molecule has 1 rings (SSSR count). The van der Waals surface area contributed by atoms with E-state index in [0.29, 0.717) is 0 Å². The molecule has 3 nitrogen and oxygen atoms in total. The average molecular weight is 143 g/mol.